The third-order valence-corrected chi connectivity index (χ3v) is 2.82. The van der Waals surface area contributed by atoms with Crippen molar-refractivity contribution in [3.63, 3.8) is 0 Å². The summed E-state index contributed by atoms with van der Waals surface area (Å²) in [5, 5.41) is 2.33. The summed E-state index contributed by atoms with van der Waals surface area (Å²) in [7, 11) is 2.17. The maximum Gasteiger partial charge on any atom is 0.112 e. The van der Waals surface area contributed by atoms with Crippen molar-refractivity contribution >= 4 is 0 Å². The zero-order valence-electron chi connectivity index (χ0n) is 7.59. The molecule has 2 rings (SSSR count). The fourth-order valence-electron chi connectivity index (χ4n) is 2.14. The second-order valence-corrected chi connectivity index (χ2v) is 3.53. The van der Waals surface area contributed by atoms with Crippen LogP contribution in [-0.4, -0.2) is 7.05 Å². The van der Waals surface area contributed by atoms with Gasteiger partial charge in [-0.15, -0.1) is 0 Å². The van der Waals surface area contributed by atoms with Crippen LogP contribution in [0.1, 0.15) is 30.0 Å². The number of quaternary nitrogens is 1. The van der Waals surface area contributed by atoms with E-state index >= 15 is 0 Å². The summed E-state index contributed by atoms with van der Waals surface area (Å²) in [6.07, 6.45) is 3.97. The first kappa shape index (κ1) is 7.81. The van der Waals surface area contributed by atoms with Crippen molar-refractivity contribution < 1.29 is 5.32 Å². The van der Waals surface area contributed by atoms with E-state index in [4.69, 9.17) is 0 Å². The summed E-state index contributed by atoms with van der Waals surface area (Å²) in [6, 6.07) is 9.57. The number of benzene rings is 1. The van der Waals surface area contributed by atoms with Crippen molar-refractivity contribution in [2.24, 2.45) is 0 Å². The summed E-state index contributed by atoms with van der Waals surface area (Å²) >= 11 is 0. The molecule has 0 amide bonds. The van der Waals surface area contributed by atoms with Crippen LogP contribution < -0.4 is 5.32 Å². The SMILES string of the molecule is C[NH2+][C@H]1CCCc2ccccc21. The highest BCUT2D eigenvalue weighted by Crippen LogP contribution is 2.26. The van der Waals surface area contributed by atoms with Crippen LogP contribution in [0, 0.1) is 0 Å². The van der Waals surface area contributed by atoms with Crippen LogP contribution >= 0.6 is 0 Å². The van der Waals surface area contributed by atoms with Gasteiger partial charge in [0.2, 0.25) is 0 Å². The van der Waals surface area contributed by atoms with Gasteiger partial charge in [0.1, 0.15) is 6.04 Å². The largest absolute Gasteiger partial charge is 0.342 e. The van der Waals surface area contributed by atoms with Gasteiger partial charge in [0.05, 0.1) is 7.05 Å². The van der Waals surface area contributed by atoms with Gasteiger partial charge in [-0.3, -0.25) is 0 Å². The molecule has 1 heteroatoms. The Morgan fingerprint density at radius 2 is 2.17 bits per heavy atom. The van der Waals surface area contributed by atoms with Gasteiger partial charge in [-0.2, -0.15) is 0 Å². The topological polar surface area (TPSA) is 16.6 Å². The first-order valence-electron chi connectivity index (χ1n) is 4.79. The molecular formula is C11H16N+. The van der Waals surface area contributed by atoms with Crippen molar-refractivity contribution in [3.05, 3.63) is 35.4 Å². The van der Waals surface area contributed by atoms with E-state index in [-0.39, 0.29) is 0 Å². The smallest absolute Gasteiger partial charge is 0.112 e. The van der Waals surface area contributed by atoms with E-state index in [0.29, 0.717) is 0 Å². The Kier molecular flexibility index (Phi) is 2.13. The van der Waals surface area contributed by atoms with Crippen LogP contribution in [0.15, 0.2) is 24.3 Å². The lowest BCUT2D eigenvalue weighted by molar-refractivity contribution is -0.671. The van der Waals surface area contributed by atoms with Gasteiger partial charge in [-0.1, -0.05) is 24.3 Å². The van der Waals surface area contributed by atoms with Crippen LogP contribution in [0.2, 0.25) is 0 Å². The Hall–Kier alpha value is -0.820. The number of fused-ring (bicyclic) bond motifs is 1. The standard InChI is InChI=1S/C11H15N/c1-12-11-8-4-6-9-5-2-3-7-10(9)11/h2-3,5,7,11-12H,4,6,8H2,1H3/p+1/t11-/m0/s1. The number of nitrogens with two attached hydrogens (primary N) is 1. The highest BCUT2D eigenvalue weighted by Gasteiger charge is 2.20. The molecule has 2 N–H and O–H groups in total. The Bertz CT molecular complexity index is 267. The minimum absolute atomic E-state index is 0.718. The maximum absolute atomic E-state index is 2.33. The van der Waals surface area contributed by atoms with Gasteiger partial charge in [0.15, 0.2) is 0 Å². The average Bonchev–Trinajstić information content (AvgIpc) is 2.17. The predicted octanol–water partition coefficient (Wildman–Crippen LogP) is 1.26. The summed E-state index contributed by atoms with van der Waals surface area (Å²) in [6.45, 7) is 0. The van der Waals surface area contributed by atoms with Crippen molar-refractivity contribution in [3.8, 4) is 0 Å². The molecule has 0 aliphatic heterocycles. The molecule has 0 radical (unpaired) electrons. The summed E-state index contributed by atoms with van der Waals surface area (Å²) in [4.78, 5) is 0. The predicted molar refractivity (Wildman–Crippen MR) is 50.0 cm³/mol. The van der Waals surface area contributed by atoms with Crippen LogP contribution in [0.3, 0.4) is 0 Å². The van der Waals surface area contributed by atoms with E-state index in [1.807, 2.05) is 0 Å². The average molecular weight is 162 g/mol. The molecule has 64 valence electrons. The van der Waals surface area contributed by atoms with Gasteiger partial charge in [-0.25, -0.2) is 0 Å². The van der Waals surface area contributed by atoms with E-state index in [1.54, 1.807) is 11.1 Å². The number of hydrogen-bond acceptors (Lipinski definition) is 0. The molecule has 1 nitrogen and oxygen atoms in total. The van der Waals surface area contributed by atoms with E-state index in [0.717, 1.165) is 6.04 Å². The van der Waals surface area contributed by atoms with Crippen molar-refractivity contribution in [2.75, 3.05) is 7.05 Å². The van der Waals surface area contributed by atoms with Crippen LogP contribution in [0.4, 0.5) is 0 Å². The fraction of sp³-hybridized carbons (Fsp3) is 0.455. The highest BCUT2D eigenvalue weighted by molar-refractivity contribution is 5.30. The molecule has 0 saturated heterocycles. The molecule has 0 spiro atoms. The fourth-order valence-corrected chi connectivity index (χ4v) is 2.14. The molecule has 1 atom stereocenters. The second-order valence-electron chi connectivity index (χ2n) is 3.53. The van der Waals surface area contributed by atoms with Gasteiger partial charge in [0, 0.05) is 12.0 Å². The van der Waals surface area contributed by atoms with Crippen molar-refractivity contribution in [1.29, 1.82) is 0 Å². The van der Waals surface area contributed by atoms with Crippen molar-refractivity contribution in [1.82, 2.24) is 0 Å². The summed E-state index contributed by atoms with van der Waals surface area (Å²) in [5.74, 6) is 0. The van der Waals surface area contributed by atoms with Gasteiger partial charge in [0.25, 0.3) is 0 Å². The summed E-state index contributed by atoms with van der Waals surface area (Å²) in [5.41, 5.74) is 3.12. The Labute approximate surface area is 73.8 Å². The molecule has 12 heavy (non-hydrogen) atoms. The minimum atomic E-state index is 0.718. The molecule has 1 aromatic carbocycles. The number of hydrogen-bond donors (Lipinski definition) is 1. The normalized spacial score (nSPS) is 21.9. The molecule has 0 aromatic heterocycles. The molecule has 1 aliphatic carbocycles. The third-order valence-electron chi connectivity index (χ3n) is 2.82. The number of rotatable bonds is 1. The maximum atomic E-state index is 2.33. The van der Waals surface area contributed by atoms with Crippen LogP contribution in [-0.2, 0) is 6.42 Å². The van der Waals surface area contributed by atoms with E-state index in [9.17, 15) is 0 Å². The third kappa shape index (κ3) is 1.25. The lowest BCUT2D eigenvalue weighted by atomic mass is 9.88. The lowest BCUT2D eigenvalue weighted by Gasteiger charge is -2.21. The molecule has 0 bridgehead atoms. The van der Waals surface area contributed by atoms with Crippen LogP contribution in [0.5, 0.6) is 0 Å². The molecular weight excluding hydrogens is 146 g/mol. The van der Waals surface area contributed by atoms with Crippen LogP contribution in [0.25, 0.3) is 0 Å². The van der Waals surface area contributed by atoms with E-state index in [2.05, 4.69) is 36.6 Å². The minimum Gasteiger partial charge on any atom is -0.342 e. The first-order valence-corrected chi connectivity index (χ1v) is 4.79. The highest BCUT2D eigenvalue weighted by atomic mass is 14.9. The second kappa shape index (κ2) is 3.28. The molecule has 1 aromatic rings. The quantitative estimate of drug-likeness (QED) is 0.640. The van der Waals surface area contributed by atoms with E-state index < -0.39 is 0 Å². The Morgan fingerprint density at radius 1 is 1.33 bits per heavy atom. The Balaban J connectivity index is 2.37. The summed E-state index contributed by atoms with van der Waals surface area (Å²) < 4.78 is 0. The van der Waals surface area contributed by atoms with Crippen molar-refractivity contribution in [2.45, 2.75) is 25.3 Å². The molecule has 0 heterocycles. The lowest BCUT2D eigenvalue weighted by Crippen LogP contribution is -2.81. The number of aryl methyl sites for hydroxylation is 1. The first-order chi connectivity index (χ1) is 5.92. The van der Waals surface area contributed by atoms with E-state index in [1.165, 1.54) is 19.3 Å². The van der Waals surface area contributed by atoms with Gasteiger partial charge in [-0.05, 0) is 18.4 Å². The zero-order valence-corrected chi connectivity index (χ0v) is 7.59. The molecule has 0 saturated carbocycles. The van der Waals surface area contributed by atoms with Gasteiger partial charge < -0.3 is 5.32 Å². The van der Waals surface area contributed by atoms with Gasteiger partial charge >= 0.3 is 0 Å². The molecule has 0 unspecified atom stereocenters. The Morgan fingerprint density at radius 3 is 3.00 bits per heavy atom. The monoisotopic (exact) mass is 162 g/mol. The molecule has 1 aliphatic rings. The molecule has 0 fully saturated rings. The zero-order chi connectivity index (χ0) is 8.39.